The molecule has 3 amide bonds. The van der Waals surface area contributed by atoms with Gasteiger partial charge in [-0.1, -0.05) is 0 Å². The van der Waals surface area contributed by atoms with Crippen LogP contribution < -0.4 is 10.2 Å². The van der Waals surface area contributed by atoms with Crippen molar-refractivity contribution in [2.24, 2.45) is 5.41 Å². The molecule has 2 saturated heterocycles. The summed E-state index contributed by atoms with van der Waals surface area (Å²) < 4.78 is 5.20. The molecule has 1 atom stereocenters. The quantitative estimate of drug-likeness (QED) is 0.551. The van der Waals surface area contributed by atoms with Crippen LogP contribution in [0.15, 0.2) is 18.2 Å². The van der Waals surface area contributed by atoms with Crippen molar-refractivity contribution in [3.63, 3.8) is 0 Å². The van der Waals surface area contributed by atoms with Crippen LogP contribution in [0, 0.1) is 5.41 Å². The molecule has 4 rings (SSSR count). The van der Waals surface area contributed by atoms with Crippen molar-refractivity contribution in [2.75, 3.05) is 37.8 Å². The normalized spacial score (nSPS) is 21.8. The number of carbonyl (C=O) groups excluding carboxylic acids is 4. The molecule has 9 heteroatoms. The standard InChI is InChI=1S/C23H30N4O5/c1-23(2,3)22(31)32-14-27-19(28)7-6-18(21(27)30)26-13-15-12-16(4-5-17(15)20(26)29)25-10-8-24-9-11-25/h4-5,12,18,24H,6-11,13-14H2,1-3H3. The Labute approximate surface area is 187 Å². The largest absolute Gasteiger partial charge is 0.443 e. The second-order valence-electron chi connectivity index (χ2n) is 9.54. The molecule has 3 aliphatic rings. The summed E-state index contributed by atoms with van der Waals surface area (Å²) in [6.45, 7) is 8.65. The number of likely N-dealkylation sites (tertiary alicyclic amines) is 1. The maximum Gasteiger partial charge on any atom is 0.312 e. The van der Waals surface area contributed by atoms with Crippen molar-refractivity contribution in [1.82, 2.24) is 15.1 Å². The Kier molecular flexibility index (Phi) is 5.94. The highest BCUT2D eigenvalue weighted by Crippen LogP contribution is 2.32. The number of hydrogen-bond acceptors (Lipinski definition) is 7. The number of imide groups is 1. The van der Waals surface area contributed by atoms with Crippen LogP contribution >= 0.6 is 0 Å². The van der Waals surface area contributed by atoms with Gasteiger partial charge in [-0.15, -0.1) is 0 Å². The average Bonchev–Trinajstić information content (AvgIpc) is 3.09. The van der Waals surface area contributed by atoms with Gasteiger partial charge in [0.25, 0.3) is 11.8 Å². The van der Waals surface area contributed by atoms with Crippen molar-refractivity contribution >= 4 is 29.4 Å². The Morgan fingerprint density at radius 2 is 1.88 bits per heavy atom. The Bertz CT molecular complexity index is 948. The lowest BCUT2D eigenvalue weighted by atomic mass is 9.97. The summed E-state index contributed by atoms with van der Waals surface area (Å²) in [7, 11) is 0. The maximum atomic E-state index is 13.1. The molecule has 1 N–H and O–H groups in total. The van der Waals surface area contributed by atoms with E-state index in [1.807, 2.05) is 18.2 Å². The van der Waals surface area contributed by atoms with E-state index in [0.29, 0.717) is 12.1 Å². The molecule has 3 aliphatic heterocycles. The summed E-state index contributed by atoms with van der Waals surface area (Å²) in [5.41, 5.74) is 1.82. The molecule has 0 saturated carbocycles. The lowest BCUT2D eigenvalue weighted by Gasteiger charge is -2.35. The second kappa shape index (κ2) is 8.54. The molecule has 0 aliphatic carbocycles. The second-order valence-corrected chi connectivity index (χ2v) is 9.54. The van der Waals surface area contributed by atoms with Crippen LogP contribution in [0.3, 0.4) is 0 Å². The number of ether oxygens (including phenoxy) is 1. The summed E-state index contributed by atoms with van der Waals surface area (Å²) >= 11 is 0. The molecule has 0 aromatic heterocycles. The molecule has 9 nitrogen and oxygen atoms in total. The van der Waals surface area contributed by atoms with Crippen LogP contribution in [-0.2, 0) is 25.7 Å². The lowest BCUT2D eigenvalue weighted by molar-refractivity contribution is -0.168. The lowest BCUT2D eigenvalue weighted by Crippen LogP contribution is -2.55. The molecule has 1 aromatic rings. The third-order valence-electron chi connectivity index (χ3n) is 6.20. The average molecular weight is 443 g/mol. The monoisotopic (exact) mass is 442 g/mol. The molecule has 2 fully saturated rings. The summed E-state index contributed by atoms with van der Waals surface area (Å²) in [6, 6.07) is 5.07. The van der Waals surface area contributed by atoms with Gasteiger partial charge >= 0.3 is 5.97 Å². The van der Waals surface area contributed by atoms with Crippen LogP contribution in [0.5, 0.6) is 0 Å². The van der Waals surface area contributed by atoms with Crippen LogP contribution in [0.25, 0.3) is 0 Å². The fourth-order valence-corrected chi connectivity index (χ4v) is 4.29. The molecule has 1 aromatic carbocycles. The van der Waals surface area contributed by atoms with E-state index in [1.165, 1.54) is 0 Å². The van der Waals surface area contributed by atoms with Crippen molar-refractivity contribution in [2.45, 2.75) is 46.2 Å². The van der Waals surface area contributed by atoms with E-state index in [1.54, 1.807) is 25.7 Å². The Balaban J connectivity index is 1.47. The van der Waals surface area contributed by atoms with E-state index < -0.39 is 36.0 Å². The van der Waals surface area contributed by atoms with Gasteiger partial charge < -0.3 is 19.9 Å². The molecule has 0 radical (unpaired) electrons. The van der Waals surface area contributed by atoms with Gasteiger partial charge in [0.15, 0.2) is 6.73 Å². The van der Waals surface area contributed by atoms with Gasteiger partial charge in [-0.2, -0.15) is 0 Å². The molecule has 1 unspecified atom stereocenters. The van der Waals surface area contributed by atoms with Gasteiger partial charge in [0.2, 0.25) is 5.91 Å². The minimum absolute atomic E-state index is 0.121. The first-order chi connectivity index (χ1) is 15.2. The SMILES string of the molecule is CC(C)(C)C(=O)OCN1C(=O)CCC(N2Cc3cc(N4CCNCC4)ccc3C2=O)C1=O. The Morgan fingerprint density at radius 3 is 2.56 bits per heavy atom. The number of nitrogens with zero attached hydrogens (tertiary/aromatic N) is 3. The highest BCUT2D eigenvalue weighted by molar-refractivity contribution is 6.05. The van der Waals surface area contributed by atoms with Gasteiger partial charge in [0.1, 0.15) is 6.04 Å². The molecule has 0 bridgehead atoms. The maximum absolute atomic E-state index is 13.1. The van der Waals surface area contributed by atoms with E-state index >= 15 is 0 Å². The van der Waals surface area contributed by atoms with E-state index in [4.69, 9.17) is 4.74 Å². The molecule has 3 heterocycles. The van der Waals surface area contributed by atoms with E-state index in [0.717, 1.165) is 42.3 Å². The number of carbonyl (C=O) groups is 4. The number of fused-ring (bicyclic) bond motifs is 1. The summed E-state index contributed by atoms with van der Waals surface area (Å²) in [5.74, 6) is -1.58. The minimum Gasteiger partial charge on any atom is -0.443 e. The highest BCUT2D eigenvalue weighted by atomic mass is 16.5. The first-order valence-electron chi connectivity index (χ1n) is 11.1. The fraction of sp³-hybridized carbons (Fsp3) is 0.565. The zero-order valence-electron chi connectivity index (χ0n) is 18.8. The fourth-order valence-electron chi connectivity index (χ4n) is 4.29. The van der Waals surface area contributed by atoms with Crippen LogP contribution in [-0.4, -0.2) is 72.4 Å². The number of piperazine rings is 1. The number of hydrogen-bond donors (Lipinski definition) is 1. The van der Waals surface area contributed by atoms with E-state index in [9.17, 15) is 19.2 Å². The molecule has 0 spiro atoms. The van der Waals surface area contributed by atoms with Crippen molar-refractivity contribution in [1.29, 1.82) is 0 Å². The minimum atomic E-state index is -0.747. The number of piperidine rings is 1. The number of benzene rings is 1. The van der Waals surface area contributed by atoms with Crippen LogP contribution in [0.2, 0.25) is 0 Å². The third kappa shape index (κ3) is 4.21. The number of anilines is 1. The smallest absolute Gasteiger partial charge is 0.312 e. The van der Waals surface area contributed by atoms with Gasteiger partial charge in [0.05, 0.1) is 5.41 Å². The van der Waals surface area contributed by atoms with E-state index in [2.05, 4.69) is 10.2 Å². The number of rotatable bonds is 4. The van der Waals surface area contributed by atoms with Gasteiger partial charge in [-0.05, 0) is 51.0 Å². The number of esters is 1. The molecular formula is C23H30N4O5. The first kappa shape index (κ1) is 22.3. The number of nitrogens with one attached hydrogen (secondary N) is 1. The van der Waals surface area contributed by atoms with Gasteiger partial charge in [-0.25, -0.2) is 4.90 Å². The predicted molar refractivity (Wildman–Crippen MR) is 117 cm³/mol. The Morgan fingerprint density at radius 1 is 1.16 bits per heavy atom. The van der Waals surface area contributed by atoms with Gasteiger partial charge in [-0.3, -0.25) is 19.2 Å². The van der Waals surface area contributed by atoms with Crippen LogP contribution in [0.4, 0.5) is 5.69 Å². The van der Waals surface area contributed by atoms with Crippen molar-refractivity contribution < 1.29 is 23.9 Å². The van der Waals surface area contributed by atoms with Crippen LogP contribution in [0.1, 0.15) is 49.5 Å². The molecular weight excluding hydrogens is 412 g/mol. The van der Waals surface area contributed by atoms with Gasteiger partial charge in [0, 0.05) is 50.4 Å². The summed E-state index contributed by atoms with van der Waals surface area (Å²) in [4.78, 5) is 55.4. The molecule has 32 heavy (non-hydrogen) atoms. The zero-order valence-corrected chi connectivity index (χ0v) is 18.8. The third-order valence-corrected chi connectivity index (χ3v) is 6.20. The van der Waals surface area contributed by atoms with Crippen molar-refractivity contribution in [3.05, 3.63) is 29.3 Å². The van der Waals surface area contributed by atoms with E-state index in [-0.39, 0.29) is 18.7 Å². The topological polar surface area (TPSA) is 99.3 Å². The zero-order chi connectivity index (χ0) is 23.0. The Hall–Kier alpha value is -2.94. The summed E-state index contributed by atoms with van der Waals surface area (Å²) in [5, 5.41) is 3.33. The number of amides is 3. The summed E-state index contributed by atoms with van der Waals surface area (Å²) in [6.07, 6.45) is 0.390. The highest BCUT2D eigenvalue weighted by Gasteiger charge is 2.43. The van der Waals surface area contributed by atoms with Crippen molar-refractivity contribution in [3.8, 4) is 0 Å². The first-order valence-corrected chi connectivity index (χ1v) is 11.1. The predicted octanol–water partition coefficient (Wildman–Crippen LogP) is 1.12. The molecule has 172 valence electrons.